The molecule has 2 aromatic carbocycles. The lowest BCUT2D eigenvalue weighted by molar-refractivity contribution is 0.0315. The van der Waals surface area contributed by atoms with Gasteiger partial charge in [-0.15, -0.1) is 0 Å². The van der Waals surface area contributed by atoms with E-state index in [-0.39, 0.29) is 11.1 Å². The van der Waals surface area contributed by atoms with Crippen LogP contribution in [0.15, 0.2) is 57.7 Å². The van der Waals surface area contributed by atoms with Crippen LogP contribution in [0.1, 0.15) is 27.6 Å². The maximum absolute atomic E-state index is 12.4. The third-order valence-corrected chi connectivity index (χ3v) is 4.20. The maximum Gasteiger partial charge on any atom is 0.351 e. The van der Waals surface area contributed by atoms with Gasteiger partial charge < -0.3 is 13.9 Å². The fourth-order valence-corrected chi connectivity index (χ4v) is 2.67. The van der Waals surface area contributed by atoms with Crippen LogP contribution in [0.25, 0.3) is 11.0 Å². The molecule has 0 radical (unpaired) electrons. The first-order chi connectivity index (χ1) is 12.9. The Morgan fingerprint density at radius 3 is 2.48 bits per heavy atom. The number of fused-ring (bicyclic) bond motifs is 1. The first-order valence-electron chi connectivity index (χ1n) is 8.02. The van der Waals surface area contributed by atoms with Gasteiger partial charge in [-0.25, -0.2) is 9.59 Å². The quantitative estimate of drug-likeness (QED) is 0.376. The van der Waals surface area contributed by atoms with Gasteiger partial charge >= 0.3 is 11.6 Å². The number of ketones is 1. The van der Waals surface area contributed by atoms with Gasteiger partial charge in [-0.3, -0.25) is 4.79 Å². The van der Waals surface area contributed by atoms with Gasteiger partial charge in [-0.05, 0) is 43.3 Å². The summed E-state index contributed by atoms with van der Waals surface area (Å²) in [4.78, 5) is 36.9. The Kier molecular flexibility index (Phi) is 5.28. The summed E-state index contributed by atoms with van der Waals surface area (Å²) >= 11 is 5.80. The topological polar surface area (TPSA) is 82.8 Å². The van der Waals surface area contributed by atoms with Crippen molar-refractivity contribution in [1.29, 1.82) is 0 Å². The van der Waals surface area contributed by atoms with Gasteiger partial charge in [0.05, 0.1) is 7.11 Å². The van der Waals surface area contributed by atoms with Crippen LogP contribution in [0.4, 0.5) is 0 Å². The molecule has 0 spiro atoms. The highest BCUT2D eigenvalue weighted by Crippen LogP contribution is 2.24. The number of halogens is 1. The summed E-state index contributed by atoms with van der Waals surface area (Å²) in [5, 5.41) is 0.984. The first-order valence-corrected chi connectivity index (χ1v) is 8.40. The third-order valence-electron chi connectivity index (χ3n) is 3.95. The molecule has 0 unspecified atom stereocenters. The lowest BCUT2D eigenvalue weighted by Gasteiger charge is -2.12. The number of rotatable bonds is 5. The minimum Gasteiger partial charge on any atom is -0.493 e. The number of carbonyl (C=O) groups excluding carboxylic acids is 2. The zero-order chi connectivity index (χ0) is 19.6. The Labute approximate surface area is 159 Å². The number of carbonyl (C=O) groups is 2. The van der Waals surface area contributed by atoms with Crippen LogP contribution >= 0.6 is 11.6 Å². The number of benzene rings is 2. The lowest BCUT2D eigenvalue weighted by Crippen LogP contribution is -2.27. The predicted octanol–water partition coefficient (Wildman–Crippen LogP) is 3.88. The van der Waals surface area contributed by atoms with Crippen molar-refractivity contribution < 1.29 is 23.5 Å². The zero-order valence-electron chi connectivity index (χ0n) is 14.5. The number of methoxy groups -OCH3 is 1. The van der Waals surface area contributed by atoms with Gasteiger partial charge in [-0.1, -0.05) is 23.7 Å². The van der Waals surface area contributed by atoms with Gasteiger partial charge in [0.15, 0.2) is 17.4 Å². The summed E-state index contributed by atoms with van der Waals surface area (Å²) in [5.41, 5.74) is -0.600. The molecule has 3 aromatic rings. The molecule has 3 rings (SSSR count). The van der Waals surface area contributed by atoms with Crippen molar-refractivity contribution in [3.05, 3.63) is 75.1 Å². The molecule has 0 amide bonds. The summed E-state index contributed by atoms with van der Waals surface area (Å²) in [6.45, 7) is 1.43. The SMILES string of the molecule is COc1cccc2cc(C(=O)O[C@@H](C)C(=O)c3ccc(Cl)cc3)c(=O)oc12. The van der Waals surface area contributed by atoms with Crippen molar-refractivity contribution in [1.82, 2.24) is 0 Å². The number of esters is 1. The second kappa shape index (κ2) is 7.63. The summed E-state index contributed by atoms with van der Waals surface area (Å²) in [6.07, 6.45) is -1.08. The monoisotopic (exact) mass is 386 g/mol. The molecule has 27 heavy (non-hydrogen) atoms. The molecule has 1 aromatic heterocycles. The molecule has 0 aliphatic rings. The van der Waals surface area contributed by atoms with Crippen LogP contribution in [0, 0.1) is 0 Å². The van der Waals surface area contributed by atoms with Crippen LogP contribution in [-0.2, 0) is 4.74 Å². The van der Waals surface area contributed by atoms with Gasteiger partial charge in [0.25, 0.3) is 0 Å². The molecule has 6 nitrogen and oxygen atoms in total. The minimum atomic E-state index is -1.08. The summed E-state index contributed by atoms with van der Waals surface area (Å²) < 4.78 is 15.5. The van der Waals surface area contributed by atoms with E-state index in [1.807, 2.05) is 0 Å². The molecule has 0 aliphatic carbocycles. The molecule has 1 atom stereocenters. The number of ether oxygens (including phenoxy) is 2. The predicted molar refractivity (Wildman–Crippen MR) is 99.7 cm³/mol. The van der Waals surface area contributed by atoms with E-state index in [9.17, 15) is 14.4 Å². The number of hydrogen-bond donors (Lipinski definition) is 0. The van der Waals surface area contributed by atoms with E-state index in [1.165, 1.54) is 32.2 Å². The van der Waals surface area contributed by atoms with E-state index >= 15 is 0 Å². The lowest BCUT2D eigenvalue weighted by atomic mass is 10.1. The van der Waals surface area contributed by atoms with Crippen molar-refractivity contribution in [2.75, 3.05) is 7.11 Å². The minimum absolute atomic E-state index is 0.229. The number of Topliss-reactive ketones (excluding diaryl/α,β-unsaturated/α-hetero) is 1. The molecule has 0 N–H and O–H groups in total. The van der Waals surface area contributed by atoms with Gasteiger partial charge in [0, 0.05) is 16.0 Å². The van der Waals surface area contributed by atoms with Crippen LogP contribution < -0.4 is 10.4 Å². The zero-order valence-corrected chi connectivity index (χ0v) is 15.3. The Hall–Kier alpha value is -3.12. The van der Waals surface area contributed by atoms with Crippen molar-refractivity contribution in [3.8, 4) is 5.75 Å². The summed E-state index contributed by atoms with van der Waals surface area (Å²) in [7, 11) is 1.45. The molecular weight excluding hydrogens is 372 g/mol. The Morgan fingerprint density at radius 2 is 1.81 bits per heavy atom. The highest BCUT2D eigenvalue weighted by Gasteiger charge is 2.23. The largest absolute Gasteiger partial charge is 0.493 e. The second-order valence-corrected chi connectivity index (χ2v) is 6.18. The molecule has 0 aliphatic heterocycles. The summed E-state index contributed by atoms with van der Waals surface area (Å²) in [6, 6.07) is 12.5. The van der Waals surface area contributed by atoms with E-state index in [0.717, 1.165) is 0 Å². The highest BCUT2D eigenvalue weighted by atomic mass is 35.5. The van der Waals surface area contributed by atoms with Crippen LogP contribution in [0.2, 0.25) is 5.02 Å². The van der Waals surface area contributed by atoms with Crippen LogP contribution in [-0.4, -0.2) is 25.0 Å². The normalized spacial score (nSPS) is 11.8. The number of para-hydroxylation sites is 1. The van der Waals surface area contributed by atoms with E-state index in [2.05, 4.69) is 0 Å². The molecule has 0 fully saturated rings. The van der Waals surface area contributed by atoms with Crippen molar-refractivity contribution in [2.24, 2.45) is 0 Å². The molecular formula is C20H15ClO6. The Balaban J connectivity index is 1.85. The standard InChI is InChI=1S/C20H15ClO6/c1-11(17(22)12-6-8-14(21)9-7-12)26-19(23)15-10-13-4-3-5-16(25-2)18(13)27-20(15)24/h3-11H,1-2H3/t11-/m0/s1. The molecule has 1 heterocycles. The van der Waals surface area contributed by atoms with Gasteiger partial charge in [0.1, 0.15) is 5.56 Å². The maximum atomic E-state index is 12.4. The molecule has 0 bridgehead atoms. The highest BCUT2D eigenvalue weighted by molar-refractivity contribution is 6.30. The van der Waals surface area contributed by atoms with Crippen molar-refractivity contribution in [3.63, 3.8) is 0 Å². The van der Waals surface area contributed by atoms with Gasteiger partial charge in [0.2, 0.25) is 5.78 Å². The van der Waals surface area contributed by atoms with E-state index in [0.29, 0.717) is 21.7 Å². The van der Waals surface area contributed by atoms with Crippen molar-refractivity contribution in [2.45, 2.75) is 13.0 Å². The van der Waals surface area contributed by atoms with Crippen LogP contribution in [0.3, 0.4) is 0 Å². The molecule has 0 saturated heterocycles. The van der Waals surface area contributed by atoms with Crippen LogP contribution in [0.5, 0.6) is 5.75 Å². The average Bonchev–Trinajstić information content (AvgIpc) is 2.66. The molecule has 138 valence electrons. The summed E-state index contributed by atoms with van der Waals surface area (Å²) in [5.74, 6) is -0.981. The number of hydrogen-bond acceptors (Lipinski definition) is 6. The molecule has 7 heteroatoms. The molecule has 0 saturated carbocycles. The average molecular weight is 387 g/mol. The van der Waals surface area contributed by atoms with Gasteiger partial charge in [-0.2, -0.15) is 0 Å². The third kappa shape index (κ3) is 3.85. The smallest absolute Gasteiger partial charge is 0.351 e. The van der Waals surface area contributed by atoms with Crippen molar-refractivity contribution >= 4 is 34.3 Å². The Bertz CT molecular complexity index is 1070. The van der Waals surface area contributed by atoms with E-state index in [1.54, 1.807) is 30.3 Å². The fraction of sp³-hybridized carbons (Fsp3) is 0.150. The fourth-order valence-electron chi connectivity index (χ4n) is 2.55. The first kappa shape index (κ1) is 18.7. The second-order valence-electron chi connectivity index (χ2n) is 5.74. The van der Waals surface area contributed by atoms with E-state index < -0.39 is 23.5 Å². The van der Waals surface area contributed by atoms with E-state index in [4.69, 9.17) is 25.5 Å². The Morgan fingerprint density at radius 1 is 1.11 bits per heavy atom.